The van der Waals surface area contributed by atoms with E-state index < -0.39 is 17.5 Å². The summed E-state index contributed by atoms with van der Waals surface area (Å²) in [6.45, 7) is 2.27. The van der Waals surface area contributed by atoms with E-state index in [2.05, 4.69) is 5.32 Å². The molecule has 2 aromatic rings. The van der Waals surface area contributed by atoms with Crippen molar-refractivity contribution < 1.29 is 23.5 Å². The number of carbonyl (C=O) groups excluding carboxylic acids is 2. The van der Waals surface area contributed by atoms with Crippen LogP contribution in [-0.2, 0) is 4.79 Å². The number of phenols is 1. The van der Waals surface area contributed by atoms with Crippen molar-refractivity contribution in [2.75, 3.05) is 37.6 Å². The highest BCUT2D eigenvalue weighted by Gasteiger charge is 2.22. The maximum absolute atomic E-state index is 13.6. The molecule has 0 spiro atoms. The Morgan fingerprint density at radius 2 is 1.75 bits per heavy atom. The minimum atomic E-state index is -0.941. The van der Waals surface area contributed by atoms with Crippen LogP contribution >= 0.6 is 0 Å². The van der Waals surface area contributed by atoms with Crippen LogP contribution in [0.15, 0.2) is 42.5 Å². The van der Waals surface area contributed by atoms with Crippen LogP contribution in [0, 0.1) is 11.6 Å². The summed E-state index contributed by atoms with van der Waals surface area (Å²) in [5.74, 6) is -2.29. The largest absolute Gasteiger partial charge is 0.506 e. The molecule has 6 nitrogen and oxygen atoms in total. The number of nitrogens with one attached hydrogen (secondary N) is 1. The van der Waals surface area contributed by atoms with E-state index in [4.69, 9.17) is 0 Å². The van der Waals surface area contributed by atoms with Crippen molar-refractivity contribution in [2.45, 2.75) is 6.42 Å². The van der Waals surface area contributed by atoms with E-state index in [-0.39, 0.29) is 30.2 Å². The molecule has 1 fully saturated rings. The third kappa shape index (κ3) is 4.57. The third-order valence-electron chi connectivity index (χ3n) is 4.65. The van der Waals surface area contributed by atoms with Crippen molar-refractivity contribution >= 4 is 17.5 Å². The number of hydrogen-bond acceptors (Lipinski definition) is 4. The van der Waals surface area contributed by atoms with Gasteiger partial charge in [0.2, 0.25) is 5.91 Å². The summed E-state index contributed by atoms with van der Waals surface area (Å²) in [4.78, 5) is 28.0. The van der Waals surface area contributed by atoms with Gasteiger partial charge >= 0.3 is 0 Å². The van der Waals surface area contributed by atoms with Gasteiger partial charge in [0, 0.05) is 45.2 Å². The molecule has 0 unspecified atom stereocenters. The van der Waals surface area contributed by atoms with Gasteiger partial charge in [-0.2, -0.15) is 0 Å². The van der Waals surface area contributed by atoms with E-state index in [0.717, 1.165) is 17.8 Å². The first kappa shape index (κ1) is 19.6. The number of phenolic OH excluding ortho intramolecular Hbond substituents is 1. The lowest BCUT2D eigenvalue weighted by Gasteiger charge is -2.36. The Labute approximate surface area is 161 Å². The molecule has 0 aliphatic carbocycles. The first-order valence-electron chi connectivity index (χ1n) is 8.99. The normalized spacial score (nSPS) is 14.1. The molecular weight excluding hydrogens is 368 g/mol. The number of benzene rings is 2. The number of para-hydroxylation sites is 2. The van der Waals surface area contributed by atoms with Crippen LogP contribution < -0.4 is 10.2 Å². The SMILES string of the molecule is O=C(NCCC(=O)N1CCN(c2ccccc2O)CC1)c1ccc(F)cc1F. The van der Waals surface area contributed by atoms with Crippen LogP contribution in [0.4, 0.5) is 14.5 Å². The average molecular weight is 389 g/mol. The highest BCUT2D eigenvalue weighted by atomic mass is 19.1. The van der Waals surface area contributed by atoms with Gasteiger partial charge in [0.15, 0.2) is 0 Å². The van der Waals surface area contributed by atoms with Gasteiger partial charge in [-0.1, -0.05) is 12.1 Å². The monoisotopic (exact) mass is 389 g/mol. The number of nitrogens with zero attached hydrogens (tertiary/aromatic N) is 2. The predicted molar refractivity (Wildman–Crippen MR) is 100 cm³/mol. The summed E-state index contributed by atoms with van der Waals surface area (Å²) in [5.41, 5.74) is 0.480. The van der Waals surface area contributed by atoms with Gasteiger partial charge in [0.25, 0.3) is 5.91 Å². The fraction of sp³-hybridized carbons (Fsp3) is 0.300. The first-order chi connectivity index (χ1) is 13.5. The molecule has 3 rings (SSSR count). The van der Waals surface area contributed by atoms with E-state index in [1.54, 1.807) is 17.0 Å². The van der Waals surface area contributed by atoms with Gasteiger partial charge in [-0.25, -0.2) is 8.78 Å². The molecule has 1 heterocycles. The van der Waals surface area contributed by atoms with Crippen LogP contribution in [0.25, 0.3) is 0 Å². The zero-order chi connectivity index (χ0) is 20.1. The molecule has 1 aliphatic heterocycles. The number of halogens is 2. The van der Waals surface area contributed by atoms with Crippen molar-refractivity contribution in [3.63, 3.8) is 0 Å². The van der Waals surface area contributed by atoms with Crippen LogP contribution in [-0.4, -0.2) is 54.5 Å². The van der Waals surface area contributed by atoms with Crippen LogP contribution in [0.5, 0.6) is 5.75 Å². The van der Waals surface area contributed by atoms with Crippen molar-refractivity contribution in [3.05, 3.63) is 59.7 Å². The number of rotatable bonds is 5. The number of anilines is 1. The molecule has 28 heavy (non-hydrogen) atoms. The maximum Gasteiger partial charge on any atom is 0.254 e. The van der Waals surface area contributed by atoms with Gasteiger partial charge < -0.3 is 20.2 Å². The highest BCUT2D eigenvalue weighted by Crippen LogP contribution is 2.27. The average Bonchev–Trinajstić information content (AvgIpc) is 2.68. The van der Waals surface area contributed by atoms with Crippen molar-refractivity contribution in [3.8, 4) is 5.75 Å². The number of carbonyl (C=O) groups is 2. The molecule has 2 amide bonds. The summed E-state index contributed by atoms with van der Waals surface area (Å²) in [7, 11) is 0. The molecule has 1 aliphatic rings. The van der Waals surface area contributed by atoms with Gasteiger partial charge in [-0.15, -0.1) is 0 Å². The van der Waals surface area contributed by atoms with E-state index in [1.165, 1.54) is 0 Å². The zero-order valence-corrected chi connectivity index (χ0v) is 15.2. The molecule has 0 bridgehead atoms. The topological polar surface area (TPSA) is 72.9 Å². The molecule has 2 N–H and O–H groups in total. The lowest BCUT2D eigenvalue weighted by atomic mass is 10.2. The lowest BCUT2D eigenvalue weighted by Crippen LogP contribution is -2.49. The fourth-order valence-corrected chi connectivity index (χ4v) is 3.14. The second-order valence-electron chi connectivity index (χ2n) is 6.49. The second kappa shape index (κ2) is 8.69. The molecule has 0 saturated carbocycles. The molecule has 148 valence electrons. The Bertz CT molecular complexity index is 868. The molecule has 0 radical (unpaired) electrons. The molecule has 0 aromatic heterocycles. The van der Waals surface area contributed by atoms with Crippen LogP contribution in [0.1, 0.15) is 16.8 Å². The van der Waals surface area contributed by atoms with Crippen molar-refractivity contribution in [1.29, 1.82) is 0 Å². The highest BCUT2D eigenvalue weighted by molar-refractivity contribution is 5.94. The number of hydrogen-bond donors (Lipinski definition) is 2. The van der Waals surface area contributed by atoms with Crippen molar-refractivity contribution in [2.24, 2.45) is 0 Å². The molecule has 2 aromatic carbocycles. The van der Waals surface area contributed by atoms with Crippen LogP contribution in [0.2, 0.25) is 0 Å². The Hall–Kier alpha value is -3.16. The Balaban J connectivity index is 1.45. The third-order valence-corrected chi connectivity index (χ3v) is 4.65. The predicted octanol–water partition coefficient (Wildman–Crippen LogP) is 2.14. The Morgan fingerprint density at radius 3 is 2.43 bits per heavy atom. The Morgan fingerprint density at radius 1 is 1.04 bits per heavy atom. The smallest absolute Gasteiger partial charge is 0.254 e. The van der Waals surface area contributed by atoms with E-state index in [0.29, 0.717) is 32.2 Å². The first-order valence-corrected chi connectivity index (χ1v) is 8.99. The quantitative estimate of drug-likeness (QED) is 0.822. The lowest BCUT2D eigenvalue weighted by molar-refractivity contribution is -0.131. The standard InChI is InChI=1S/C20H21F2N3O3/c21-14-5-6-15(16(22)13-14)20(28)23-8-7-19(27)25-11-9-24(10-12-25)17-3-1-2-4-18(17)26/h1-6,13,26H,7-12H2,(H,23,28). The van der Waals surface area contributed by atoms with E-state index >= 15 is 0 Å². The molecular formula is C20H21F2N3O3. The molecule has 8 heteroatoms. The Kier molecular flexibility index (Phi) is 6.08. The summed E-state index contributed by atoms with van der Waals surface area (Å²) >= 11 is 0. The summed E-state index contributed by atoms with van der Waals surface area (Å²) in [5, 5.41) is 12.4. The second-order valence-corrected chi connectivity index (χ2v) is 6.49. The summed E-state index contributed by atoms with van der Waals surface area (Å²) in [6, 6.07) is 9.78. The fourth-order valence-electron chi connectivity index (χ4n) is 3.14. The minimum Gasteiger partial charge on any atom is -0.506 e. The van der Waals surface area contributed by atoms with E-state index in [1.807, 2.05) is 17.0 Å². The van der Waals surface area contributed by atoms with Crippen LogP contribution in [0.3, 0.4) is 0 Å². The number of piperazine rings is 1. The number of amides is 2. The zero-order valence-electron chi connectivity index (χ0n) is 15.2. The van der Waals surface area contributed by atoms with Crippen molar-refractivity contribution in [1.82, 2.24) is 10.2 Å². The van der Waals surface area contributed by atoms with E-state index in [9.17, 15) is 23.5 Å². The van der Waals surface area contributed by atoms with Gasteiger partial charge in [0.1, 0.15) is 17.4 Å². The van der Waals surface area contributed by atoms with Gasteiger partial charge in [-0.05, 0) is 24.3 Å². The van der Waals surface area contributed by atoms with Gasteiger partial charge in [0.05, 0.1) is 11.3 Å². The number of aromatic hydroxyl groups is 1. The summed E-state index contributed by atoms with van der Waals surface area (Å²) < 4.78 is 26.5. The summed E-state index contributed by atoms with van der Waals surface area (Å²) in [6.07, 6.45) is 0.0884. The maximum atomic E-state index is 13.6. The van der Waals surface area contributed by atoms with Gasteiger partial charge in [-0.3, -0.25) is 9.59 Å². The minimum absolute atomic E-state index is 0.0637. The molecule has 0 atom stereocenters. The molecule has 1 saturated heterocycles.